The highest BCUT2D eigenvalue weighted by molar-refractivity contribution is 6.31. The van der Waals surface area contributed by atoms with Gasteiger partial charge in [-0.2, -0.15) is 0 Å². The van der Waals surface area contributed by atoms with Crippen LogP contribution in [0.3, 0.4) is 0 Å². The molecule has 0 saturated heterocycles. The van der Waals surface area contributed by atoms with Crippen molar-refractivity contribution in [3.05, 3.63) is 64.4 Å². The molecule has 1 aromatic heterocycles. The molecule has 1 heterocycles. The summed E-state index contributed by atoms with van der Waals surface area (Å²) in [5.74, 6) is 0. The van der Waals surface area contributed by atoms with Crippen LogP contribution in [0.1, 0.15) is 30.0 Å². The summed E-state index contributed by atoms with van der Waals surface area (Å²) in [5.41, 5.74) is 3.72. The van der Waals surface area contributed by atoms with Crippen LogP contribution in [-0.4, -0.2) is 17.6 Å². The van der Waals surface area contributed by atoms with Gasteiger partial charge in [-0.25, -0.2) is 0 Å². The second kappa shape index (κ2) is 8.16. The van der Waals surface area contributed by atoms with Crippen molar-refractivity contribution in [1.29, 1.82) is 0 Å². The Morgan fingerprint density at radius 3 is 2.81 bits per heavy atom. The average Bonchev–Trinajstić information content (AvgIpc) is 2.49. The summed E-state index contributed by atoms with van der Waals surface area (Å²) in [6.07, 6.45) is 6.85. The lowest BCUT2D eigenvalue weighted by atomic mass is 9.99. The van der Waals surface area contributed by atoms with Crippen molar-refractivity contribution in [2.24, 2.45) is 0 Å². The number of rotatable bonds is 7. The van der Waals surface area contributed by atoms with Gasteiger partial charge in [-0.05, 0) is 61.6 Å². The van der Waals surface area contributed by atoms with Crippen LogP contribution in [0, 0.1) is 6.92 Å². The minimum atomic E-state index is 0.440. The Morgan fingerprint density at radius 1 is 1.29 bits per heavy atom. The third kappa shape index (κ3) is 5.14. The van der Waals surface area contributed by atoms with E-state index < -0.39 is 0 Å². The number of aryl methyl sites for hydroxylation is 2. The fourth-order valence-electron chi connectivity index (χ4n) is 2.54. The van der Waals surface area contributed by atoms with E-state index in [0.29, 0.717) is 6.04 Å². The fraction of sp³-hybridized carbons (Fsp3) is 0.389. The number of likely N-dealkylation sites (N-methyl/N-ethyl adjacent to an activating group) is 1. The number of nitrogens with one attached hydrogen (secondary N) is 1. The van der Waals surface area contributed by atoms with Crippen LogP contribution < -0.4 is 5.32 Å². The molecule has 2 aromatic rings. The van der Waals surface area contributed by atoms with E-state index in [2.05, 4.69) is 42.3 Å². The molecule has 0 saturated carbocycles. The first-order valence-electron chi connectivity index (χ1n) is 7.56. The highest BCUT2D eigenvalue weighted by Crippen LogP contribution is 2.20. The Hall–Kier alpha value is -1.38. The molecule has 0 amide bonds. The molecule has 0 aliphatic heterocycles. The van der Waals surface area contributed by atoms with Gasteiger partial charge in [-0.3, -0.25) is 4.98 Å². The summed E-state index contributed by atoms with van der Waals surface area (Å²) in [4.78, 5) is 4.17. The average molecular weight is 303 g/mol. The first-order valence-corrected chi connectivity index (χ1v) is 7.94. The van der Waals surface area contributed by atoms with Crippen LogP contribution in [0.5, 0.6) is 0 Å². The molecular formula is C18H23ClN2. The molecule has 3 heteroatoms. The van der Waals surface area contributed by atoms with Gasteiger partial charge < -0.3 is 5.32 Å². The van der Waals surface area contributed by atoms with Crippen molar-refractivity contribution in [2.45, 2.75) is 39.2 Å². The molecule has 2 rings (SSSR count). The van der Waals surface area contributed by atoms with Crippen molar-refractivity contribution in [3.8, 4) is 0 Å². The SMILES string of the molecule is CCNC(CCc1cccnc1)Cc1ccc(C)cc1Cl. The Morgan fingerprint density at radius 2 is 2.14 bits per heavy atom. The summed E-state index contributed by atoms with van der Waals surface area (Å²) in [6.45, 7) is 5.19. The second-order valence-electron chi connectivity index (χ2n) is 5.45. The third-order valence-corrected chi connectivity index (χ3v) is 4.02. The standard InChI is InChI=1S/C18H23ClN2/c1-3-21-17(9-7-15-5-4-10-20-13-15)12-16-8-6-14(2)11-18(16)19/h4-6,8,10-11,13,17,21H,3,7,9,12H2,1-2H3. The first-order chi connectivity index (χ1) is 10.2. The molecule has 1 N–H and O–H groups in total. The highest BCUT2D eigenvalue weighted by Gasteiger charge is 2.11. The lowest BCUT2D eigenvalue weighted by Crippen LogP contribution is -2.31. The van der Waals surface area contributed by atoms with Gasteiger partial charge in [0.25, 0.3) is 0 Å². The van der Waals surface area contributed by atoms with Gasteiger partial charge in [-0.15, -0.1) is 0 Å². The van der Waals surface area contributed by atoms with E-state index in [-0.39, 0.29) is 0 Å². The van der Waals surface area contributed by atoms with Gasteiger partial charge in [-0.1, -0.05) is 36.7 Å². The molecule has 1 atom stereocenters. The van der Waals surface area contributed by atoms with Crippen molar-refractivity contribution < 1.29 is 0 Å². The molecule has 0 spiro atoms. The van der Waals surface area contributed by atoms with Gasteiger partial charge in [0.2, 0.25) is 0 Å². The zero-order valence-corrected chi connectivity index (χ0v) is 13.5. The van der Waals surface area contributed by atoms with Crippen LogP contribution in [0.4, 0.5) is 0 Å². The zero-order valence-electron chi connectivity index (χ0n) is 12.8. The van der Waals surface area contributed by atoms with E-state index in [0.717, 1.165) is 30.8 Å². The molecule has 0 fully saturated rings. The minimum Gasteiger partial charge on any atom is -0.314 e. The van der Waals surface area contributed by atoms with Gasteiger partial charge >= 0.3 is 0 Å². The number of aromatic nitrogens is 1. The molecule has 0 radical (unpaired) electrons. The minimum absolute atomic E-state index is 0.440. The summed E-state index contributed by atoms with van der Waals surface area (Å²) < 4.78 is 0. The summed E-state index contributed by atoms with van der Waals surface area (Å²) >= 11 is 6.35. The molecule has 0 aliphatic carbocycles. The van der Waals surface area contributed by atoms with E-state index in [1.54, 1.807) is 0 Å². The number of halogens is 1. The van der Waals surface area contributed by atoms with Gasteiger partial charge in [0.15, 0.2) is 0 Å². The third-order valence-electron chi connectivity index (χ3n) is 3.67. The number of hydrogen-bond donors (Lipinski definition) is 1. The van der Waals surface area contributed by atoms with Crippen LogP contribution in [-0.2, 0) is 12.8 Å². The zero-order chi connectivity index (χ0) is 15.1. The Kier molecular flexibility index (Phi) is 6.21. The van der Waals surface area contributed by atoms with Crippen molar-refractivity contribution in [3.63, 3.8) is 0 Å². The molecule has 112 valence electrons. The van der Waals surface area contributed by atoms with Crippen molar-refractivity contribution >= 4 is 11.6 Å². The maximum atomic E-state index is 6.35. The predicted molar refractivity (Wildman–Crippen MR) is 89.9 cm³/mol. The van der Waals surface area contributed by atoms with Crippen LogP contribution in [0.15, 0.2) is 42.7 Å². The highest BCUT2D eigenvalue weighted by atomic mass is 35.5. The summed E-state index contributed by atoms with van der Waals surface area (Å²) in [7, 11) is 0. The molecule has 21 heavy (non-hydrogen) atoms. The fourth-order valence-corrected chi connectivity index (χ4v) is 2.85. The number of nitrogens with zero attached hydrogens (tertiary/aromatic N) is 1. The lowest BCUT2D eigenvalue weighted by Gasteiger charge is -2.19. The monoisotopic (exact) mass is 302 g/mol. The first kappa shape index (κ1) is 16.0. The van der Waals surface area contributed by atoms with Crippen molar-refractivity contribution in [2.75, 3.05) is 6.54 Å². The lowest BCUT2D eigenvalue weighted by molar-refractivity contribution is 0.491. The Bertz CT molecular complexity index is 554. The molecule has 1 unspecified atom stereocenters. The van der Waals surface area contributed by atoms with E-state index in [4.69, 9.17) is 11.6 Å². The van der Waals surface area contributed by atoms with Gasteiger partial charge in [0.1, 0.15) is 0 Å². The molecule has 0 aliphatic rings. The number of pyridine rings is 1. The smallest absolute Gasteiger partial charge is 0.0441 e. The van der Waals surface area contributed by atoms with Crippen LogP contribution in [0.25, 0.3) is 0 Å². The molecule has 0 bridgehead atoms. The maximum absolute atomic E-state index is 6.35. The number of benzene rings is 1. The van der Waals surface area contributed by atoms with Crippen LogP contribution >= 0.6 is 11.6 Å². The quantitative estimate of drug-likeness (QED) is 0.829. The van der Waals surface area contributed by atoms with E-state index in [9.17, 15) is 0 Å². The topological polar surface area (TPSA) is 24.9 Å². The van der Waals surface area contributed by atoms with E-state index in [1.807, 2.05) is 24.5 Å². The number of hydrogen-bond acceptors (Lipinski definition) is 2. The Balaban J connectivity index is 1.98. The normalized spacial score (nSPS) is 12.3. The van der Waals surface area contributed by atoms with Crippen molar-refractivity contribution in [1.82, 2.24) is 10.3 Å². The Labute approximate surface area is 132 Å². The predicted octanol–water partition coefficient (Wildman–Crippen LogP) is 4.20. The summed E-state index contributed by atoms with van der Waals surface area (Å²) in [6, 6.07) is 10.9. The van der Waals surface area contributed by atoms with E-state index >= 15 is 0 Å². The van der Waals surface area contributed by atoms with E-state index in [1.165, 1.54) is 16.7 Å². The van der Waals surface area contributed by atoms with Gasteiger partial charge in [0.05, 0.1) is 0 Å². The second-order valence-corrected chi connectivity index (χ2v) is 5.86. The maximum Gasteiger partial charge on any atom is 0.0441 e. The molecule has 1 aromatic carbocycles. The molecule has 2 nitrogen and oxygen atoms in total. The molecular weight excluding hydrogens is 280 g/mol. The van der Waals surface area contributed by atoms with Crippen LogP contribution in [0.2, 0.25) is 5.02 Å². The largest absolute Gasteiger partial charge is 0.314 e. The summed E-state index contributed by atoms with van der Waals surface area (Å²) in [5, 5.41) is 4.44. The van der Waals surface area contributed by atoms with Gasteiger partial charge in [0, 0.05) is 23.5 Å².